The van der Waals surface area contributed by atoms with Crippen molar-refractivity contribution in [3.63, 3.8) is 0 Å². The van der Waals surface area contributed by atoms with Crippen molar-refractivity contribution in [2.75, 3.05) is 5.32 Å². The van der Waals surface area contributed by atoms with Gasteiger partial charge in [0, 0.05) is 24.6 Å². The highest BCUT2D eigenvalue weighted by Gasteiger charge is 2.20. The van der Waals surface area contributed by atoms with Crippen molar-refractivity contribution in [3.8, 4) is 12.3 Å². The number of nitro benzene ring substituents is 1. The average molecular weight is 283 g/mol. The van der Waals surface area contributed by atoms with Gasteiger partial charge >= 0.3 is 5.97 Å². The first-order valence-corrected chi connectivity index (χ1v) is 5.65. The van der Waals surface area contributed by atoms with E-state index in [1.54, 1.807) is 6.92 Å². The molecule has 7 heteroatoms. The first-order valence-electron chi connectivity index (χ1n) is 5.28. The summed E-state index contributed by atoms with van der Waals surface area (Å²) < 4.78 is 0. The summed E-state index contributed by atoms with van der Waals surface area (Å²) in [6.07, 6.45) is 5.52. The summed E-state index contributed by atoms with van der Waals surface area (Å²) in [5.41, 5.74) is -0.511. The smallest absolute Gasteiger partial charge is 0.338 e. The third kappa shape index (κ3) is 3.60. The van der Waals surface area contributed by atoms with Gasteiger partial charge in [0.05, 0.1) is 21.2 Å². The SMILES string of the molecule is C#CCC(C)Nc1c(Cl)cc([N+](=O)[O-])cc1C(=O)O. The van der Waals surface area contributed by atoms with Gasteiger partial charge in [-0.2, -0.15) is 0 Å². The number of nitrogens with one attached hydrogen (secondary N) is 1. The number of benzene rings is 1. The molecule has 1 aromatic carbocycles. The van der Waals surface area contributed by atoms with Crippen LogP contribution in [0.15, 0.2) is 12.1 Å². The van der Waals surface area contributed by atoms with E-state index in [1.165, 1.54) is 0 Å². The molecule has 1 rings (SSSR count). The summed E-state index contributed by atoms with van der Waals surface area (Å²) in [6, 6.07) is 1.85. The quantitative estimate of drug-likeness (QED) is 0.492. The lowest BCUT2D eigenvalue weighted by molar-refractivity contribution is -0.384. The number of carbonyl (C=O) groups is 1. The van der Waals surface area contributed by atoms with Gasteiger partial charge in [-0.1, -0.05) is 11.6 Å². The molecule has 19 heavy (non-hydrogen) atoms. The maximum Gasteiger partial charge on any atom is 0.338 e. The van der Waals surface area contributed by atoms with Crippen LogP contribution < -0.4 is 5.32 Å². The topological polar surface area (TPSA) is 92.5 Å². The maximum atomic E-state index is 11.1. The van der Waals surface area contributed by atoms with Crippen LogP contribution in [0.4, 0.5) is 11.4 Å². The highest BCUT2D eigenvalue weighted by Crippen LogP contribution is 2.32. The van der Waals surface area contributed by atoms with Crippen LogP contribution in [0, 0.1) is 22.5 Å². The van der Waals surface area contributed by atoms with E-state index in [0.29, 0.717) is 6.42 Å². The summed E-state index contributed by atoms with van der Waals surface area (Å²) in [6.45, 7) is 1.75. The molecule has 0 amide bonds. The molecule has 1 unspecified atom stereocenters. The zero-order valence-electron chi connectivity index (χ0n) is 10.0. The molecule has 100 valence electrons. The van der Waals surface area contributed by atoms with Crippen molar-refractivity contribution >= 4 is 28.9 Å². The number of rotatable bonds is 5. The predicted molar refractivity (Wildman–Crippen MR) is 71.6 cm³/mol. The molecule has 6 nitrogen and oxygen atoms in total. The average Bonchev–Trinajstić information content (AvgIpc) is 2.31. The highest BCUT2D eigenvalue weighted by molar-refractivity contribution is 6.34. The minimum absolute atomic E-state index is 0.0320. The fraction of sp³-hybridized carbons (Fsp3) is 0.250. The van der Waals surface area contributed by atoms with Crippen molar-refractivity contribution in [1.29, 1.82) is 0 Å². The molecule has 0 aliphatic rings. The Morgan fingerprint density at radius 3 is 2.79 bits per heavy atom. The first kappa shape index (κ1) is 14.8. The first-order chi connectivity index (χ1) is 8.86. The van der Waals surface area contributed by atoms with Gasteiger partial charge in [0.25, 0.3) is 5.69 Å². The van der Waals surface area contributed by atoms with Gasteiger partial charge in [0.2, 0.25) is 0 Å². The molecule has 0 aromatic heterocycles. The largest absolute Gasteiger partial charge is 0.478 e. The van der Waals surface area contributed by atoms with Crippen LogP contribution in [0.5, 0.6) is 0 Å². The van der Waals surface area contributed by atoms with Gasteiger partial charge in [-0.15, -0.1) is 12.3 Å². The van der Waals surface area contributed by atoms with E-state index < -0.39 is 10.9 Å². The van der Waals surface area contributed by atoms with Gasteiger partial charge in [0.15, 0.2) is 0 Å². The molecule has 2 N–H and O–H groups in total. The van der Waals surface area contributed by atoms with Crippen LogP contribution in [0.1, 0.15) is 23.7 Å². The Kier molecular flexibility index (Phi) is 4.73. The van der Waals surface area contributed by atoms with Crippen LogP contribution in [0.25, 0.3) is 0 Å². The summed E-state index contributed by atoms with van der Waals surface area (Å²) in [5.74, 6) is 1.12. The number of anilines is 1. The second-order valence-corrected chi connectivity index (χ2v) is 4.27. The molecule has 0 saturated heterocycles. The third-order valence-corrected chi connectivity index (χ3v) is 2.63. The fourth-order valence-electron chi connectivity index (χ4n) is 1.49. The predicted octanol–water partition coefficient (Wildman–Crippen LogP) is 2.77. The van der Waals surface area contributed by atoms with E-state index in [1.807, 2.05) is 0 Å². The number of carboxylic acids is 1. The summed E-state index contributed by atoms with van der Waals surface area (Å²) in [4.78, 5) is 21.1. The van der Waals surface area contributed by atoms with E-state index in [-0.39, 0.29) is 28.0 Å². The Labute approximate surface area is 114 Å². The standard InChI is InChI=1S/C12H11ClN2O4/c1-3-4-7(2)14-11-9(12(16)17)5-8(15(18)19)6-10(11)13/h1,5-7,14H,4H2,2H3,(H,16,17). The number of nitrogens with zero attached hydrogens (tertiary/aromatic N) is 1. The van der Waals surface area contributed by atoms with Crippen molar-refractivity contribution in [3.05, 3.63) is 32.8 Å². The van der Waals surface area contributed by atoms with E-state index in [4.69, 9.17) is 23.1 Å². The minimum atomic E-state index is -1.30. The zero-order valence-corrected chi connectivity index (χ0v) is 10.8. The third-order valence-electron chi connectivity index (χ3n) is 2.33. The van der Waals surface area contributed by atoms with Crippen LogP contribution >= 0.6 is 11.6 Å². The number of hydrogen-bond donors (Lipinski definition) is 2. The number of terminal acetylenes is 1. The van der Waals surface area contributed by atoms with Gasteiger partial charge in [-0.25, -0.2) is 4.79 Å². The van der Waals surface area contributed by atoms with Gasteiger partial charge < -0.3 is 10.4 Å². The number of carboxylic acid groups (broad SMARTS) is 1. The Morgan fingerprint density at radius 1 is 1.68 bits per heavy atom. The molecule has 0 fully saturated rings. The van der Waals surface area contributed by atoms with Crippen molar-refractivity contribution in [2.24, 2.45) is 0 Å². The Balaban J connectivity index is 3.27. The second kappa shape index (κ2) is 6.07. The lowest BCUT2D eigenvalue weighted by Gasteiger charge is -2.16. The molecule has 0 spiro atoms. The van der Waals surface area contributed by atoms with Crippen molar-refractivity contribution in [2.45, 2.75) is 19.4 Å². The molecular weight excluding hydrogens is 272 g/mol. The lowest BCUT2D eigenvalue weighted by Crippen LogP contribution is -2.17. The Morgan fingerprint density at radius 2 is 2.32 bits per heavy atom. The molecule has 0 saturated carbocycles. The fourth-order valence-corrected chi connectivity index (χ4v) is 1.76. The summed E-state index contributed by atoms with van der Waals surface area (Å²) >= 11 is 5.89. The minimum Gasteiger partial charge on any atom is -0.478 e. The Hall–Kier alpha value is -2.26. The number of nitro groups is 1. The monoisotopic (exact) mass is 282 g/mol. The van der Waals surface area contributed by atoms with Crippen LogP contribution in [-0.2, 0) is 0 Å². The van der Waals surface area contributed by atoms with Crippen LogP contribution in [-0.4, -0.2) is 22.0 Å². The molecule has 0 radical (unpaired) electrons. The summed E-state index contributed by atoms with van der Waals surface area (Å²) in [5, 5.41) is 22.6. The van der Waals surface area contributed by atoms with Crippen molar-refractivity contribution in [1.82, 2.24) is 0 Å². The van der Waals surface area contributed by atoms with Gasteiger partial charge in [-0.3, -0.25) is 10.1 Å². The maximum absolute atomic E-state index is 11.1. The molecule has 0 heterocycles. The van der Waals surface area contributed by atoms with E-state index in [9.17, 15) is 14.9 Å². The number of non-ortho nitro benzene ring substituents is 1. The van der Waals surface area contributed by atoms with E-state index >= 15 is 0 Å². The highest BCUT2D eigenvalue weighted by atomic mass is 35.5. The van der Waals surface area contributed by atoms with Gasteiger partial charge in [0.1, 0.15) is 0 Å². The summed E-state index contributed by atoms with van der Waals surface area (Å²) in [7, 11) is 0. The van der Waals surface area contributed by atoms with Crippen LogP contribution in [0.3, 0.4) is 0 Å². The van der Waals surface area contributed by atoms with Gasteiger partial charge in [-0.05, 0) is 6.92 Å². The molecule has 0 bridgehead atoms. The second-order valence-electron chi connectivity index (χ2n) is 3.87. The zero-order chi connectivity index (χ0) is 14.6. The van der Waals surface area contributed by atoms with E-state index in [0.717, 1.165) is 12.1 Å². The molecule has 0 aliphatic carbocycles. The number of hydrogen-bond acceptors (Lipinski definition) is 4. The lowest BCUT2D eigenvalue weighted by atomic mass is 10.1. The molecule has 1 atom stereocenters. The Bertz CT molecular complexity index is 566. The normalized spacial score (nSPS) is 11.4. The number of halogens is 1. The van der Waals surface area contributed by atoms with Crippen molar-refractivity contribution < 1.29 is 14.8 Å². The molecule has 0 aliphatic heterocycles. The molecule has 1 aromatic rings. The number of aromatic carboxylic acids is 1. The van der Waals surface area contributed by atoms with E-state index in [2.05, 4.69) is 11.2 Å². The van der Waals surface area contributed by atoms with Crippen LogP contribution in [0.2, 0.25) is 5.02 Å². The molecular formula is C12H11ClN2O4.